The highest BCUT2D eigenvalue weighted by atomic mass is 28.4. The molecule has 3 N–H and O–H groups in total. The van der Waals surface area contributed by atoms with E-state index in [-0.39, 0.29) is 0 Å². The van der Waals surface area contributed by atoms with Crippen molar-refractivity contribution in [2.75, 3.05) is 6.54 Å². The Kier molecular flexibility index (Phi) is 3.33. The molecule has 2 aromatic carbocycles. The lowest BCUT2D eigenvalue weighted by atomic mass is 10.0. The maximum Gasteiger partial charge on any atom is 0.214 e. The Balaban J connectivity index is 2.70. The summed E-state index contributed by atoms with van der Waals surface area (Å²) < 4.78 is 0. The number of fused-ring (bicyclic) bond motifs is 1. The predicted molar refractivity (Wildman–Crippen MR) is 76.0 cm³/mol. The van der Waals surface area contributed by atoms with Crippen LogP contribution in [0.1, 0.15) is 5.56 Å². The van der Waals surface area contributed by atoms with E-state index in [2.05, 4.69) is 24.3 Å². The lowest BCUT2D eigenvalue weighted by Gasteiger charge is -2.18. The Labute approximate surface area is 103 Å². The minimum absolute atomic E-state index is 0.656. The quantitative estimate of drug-likeness (QED) is 0.809. The second-order valence-electron chi connectivity index (χ2n) is 4.92. The number of hydrogen-bond donors (Lipinski definition) is 2. The molecule has 0 saturated carbocycles. The molecule has 0 radical (unpaired) electrons. The van der Waals surface area contributed by atoms with Gasteiger partial charge in [0, 0.05) is 0 Å². The second kappa shape index (κ2) is 4.60. The van der Waals surface area contributed by atoms with Crippen LogP contribution in [-0.2, 0) is 6.42 Å². The van der Waals surface area contributed by atoms with Gasteiger partial charge in [-0.2, -0.15) is 0 Å². The van der Waals surface area contributed by atoms with Gasteiger partial charge in [0.25, 0.3) is 0 Å². The molecule has 0 aliphatic rings. The molecule has 2 aromatic rings. The summed E-state index contributed by atoms with van der Waals surface area (Å²) >= 11 is 0. The van der Waals surface area contributed by atoms with Gasteiger partial charge in [0.1, 0.15) is 0 Å². The molecule has 2 nitrogen and oxygen atoms in total. The standard InChI is InChI=1S/C14H19NOSi/c1-17(2,16)14-8-4-6-12-11(9-10-15)5-3-7-13(12)14/h3-8,16H,9-10,15H2,1-2H3. The molecule has 0 bridgehead atoms. The Bertz CT molecular complexity index is 531. The van der Waals surface area contributed by atoms with E-state index in [4.69, 9.17) is 5.73 Å². The van der Waals surface area contributed by atoms with Crippen LogP contribution in [0.3, 0.4) is 0 Å². The van der Waals surface area contributed by atoms with E-state index in [9.17, 15) is 4.80 Å². The molecule has 3 heteroatoms. The lowest BCUT2D eigenvalue weighted by molar-refractivity contribution is 0.569. The average Bonchev–Trinajstić information content (AvgIpc) is 2.28. The van der Waals surface area contributed by atoms with Crippen molar-refractivity contribution >= 4 is 24.3 Å². The summed E-state index contributed by atoms with van der Waals surface area (Å²) in [6.07, 6.45) is 0.883. The third-order valence-corrected chi connectivity index (χ3v) is 4.84. The Morgan fingerprint density at radius 2 is 1.71 bits per heavy atom. The summed E-state index contributed by atoms with van der Waals surface area (Å²) in [5.41, 5.74) is 6.90. The first kappa shape index (κ1) is 12.3. The van der Waals surface area contributed by atoms with Crippen molar-refractivity contribution < 1.29 is 4.80 Å². The molecule has 0 aliphatic carbocycles. The van der Waals surface area contributed by atoms with E-state index in [1.807, 2.05) is 25.2 Å². The maximum atomic E-state index is 10.3. The molecular formula is C14H19NOSi. The van der Waals surface area contributed by atoms with E-state index in [1.165, 1.54) is 16.3 Å². The first-order chi connectivity index (χ1) is 8.04. The van der Waals surface area contributed by atoms with Gasteiger partial charge in [0.2, 0.25) is 8.32 Å². The molecule has 0 unspecified atom stereocenters. The van der Waals surface area contributed by atoms with Gasteiger partial charge in [-0.1, -0.05) is 36.4 Å². The Hall–Kier alpha value is -1.16. The minimum atomic E-state index is -2.27. The van der Waals surface area contributed by atoms with Crippen LogP contribution in [0.15, 0.2) is 36.4 Å². The topological polar surface area (TPSA) is 46.2 Å². The van der Waals surface area contributed by atoms with Gasteiger partial charge in [0.05, 0.1) is 0 Å². The zero-order chi connectivity index (χ0) is 12.5. The third-order valence-electron chi connectivity index (χ3n) is 3.09. The summed E-state index contributed by atoms with van der Waals surface area (Å²) in [4.78, 5) is 10.3. The van der Waals surface area contributed by atoms with E-state index in [0.717, 1.165) is 11.6 Å². The fraction of sp³-hybridized carbons (Fsp3) is 0.286. The fourth-order valence-electron chi connectivity index (χ4n) is 2.28. The molecule has 0 heterocycles. The predicted octanol–water partition coefficient (Wildman–Crippen LogP) is 1.75. The van der Waals surface area contributed by atoms with Crippen molar-refractivity contribution in [2.45, 2.75) is 19.5 Å². The van der Waals surface area contributed by atoms with Crippen molar-refractivity contribution in [3.05, 3.63) is 42.0 Å². The average molecular weight is 245 g/mol. The largest absolute Gasteiger partial charge is 0.428 e. The van der Waals surface area contributed by atoms with Crippen LogP contribution in [0.5, 0.6) is 0 Å². The lowest BCUT2D eigenvalue weighted by Crippen LogP contribution is -2.41. The van der Waals surface area contributed by atoms with Gasteiger partial charge in [-0.15, -0.1) is 0 Å². The molecule has 90 valence electrons. The van der Waals surface area contributed by atoms with Crippen LogP contribution in [0, 0.1) is 0 Å². The van der Waals surface area contributed by atoms with Gasteiger partial charge >= 0.3 is 0 Å². The van der Waals surface area contributed by atoms with Gasteiger partial charge in [-0.25, -0.2) is 0 Å². The molecule has 0 amide bonds. The number of rotatable bonds is 3. The van der Waals surface area contributed by atoms with E-state index < -0.39 is 8.32 Å². The van der Waals surface area contributed by atoms with Crippen molar-refractivity contribution in [1.82, 2.24) is 0 Å². The number of nitrogens with two attached hydrogens (primary N) is 1. The molecule has 0 spiro atoms. The molecule has 0 saturated heterocycles. The van der Waals surface area contributed by atoms with Crippen LogP contribution in [0.25, 0.3) is 10.8 Å². The third kappa shape index (κ3) is 2.41. The highest BCUT2D eigenvalue weighted by Crippen LogP contribution is 2.19. The van der Waals surface area contributed by atoms with E-state index >= 15 is 0 Å². The van der Waals surface area contributed by atoms with Crippen molar-refractivity contribution in [3.8, 4) is 0 Å². The van der Waals surface area contributed by atoms with Crippen molar-refractivity contribution in [2.24, 2.45) is 5.73 Å². The minimum Gasteiger partial charge on any atom is -0.428 e. The first-order valence-electron chi connectivity index (χ1n) is 5.97. The summed E-state index contributed by atoms with van der Waals surface area (Å²) in [7, 11) is -2.27. The summed E-state index contributed by atoms with van der Waals surface area (Å²) in [6.45, 7) is 4.57. The van der Waals surface area contributed by atoms with Crippen LogP contribution in [0.2, 0.25) is 13.1 Å². The molecule has 17 heavy (non-hydrogen) atoms. The maximum absolute atomic E-state index is 10.3. The zero-order valence-electron chi connectivity index (χ0n) is 10.4. The van der Waals surface area contributed by atoms with Gasteiger partial charge in [0.15, 0.2) is 0 Å². The molecule has 0 aliphatic heterocycles. The Morgan fingerprint density at radius 3 is 2.35 bits per heavy atom. The fourth-order valence-corrected chi connectivity index (χ4v) is 3.66. The van der Waals surface area contributed by atoms with Crippen LogP contribution >= 0.6 is 0 Å². The summed E-state index contributed by atoms with van der Waals surface area (Å²) in [5, 5.41) is 3.51. The van der Waals surface area contributed by atoms with E-state index in [0.29, 0.717) is 6.54 Å². The summed E-state index contributed by atoms with van der Waals surface area (Å²) in [6, 6.07) is 12.4. The van der Waals surface area contributed by atoms with Crippen LogP contribution in [0.4, 0.5) is 0 Å². The SMILES string of the molecule is C[Si](C)(O)c1cccc2c(CCN)cccc12. The van der Waals surface area contributed by atoms with E-state index in [1.54, 1.807) is 0 Å². The Morgan fingerprint density at radius 1 is 1.06 bits per heavy atom. The van der Waals surface area contributed by atoms with Crippen molar-refractivity contribution in [1.29, 1.82) is 0 Å². The van der Waals surface area contributed by atoms with Crippen molar-refractivity contribution in [3.63, 3.8) is 0 Å². The zero-order valence-corrected chi connectivity index (χ0v) is 11.4. The monoisotopic (exact) mass is 245 g/mol. The van der Waals surface area contributed by atoms with Gasteiger partial charge in [-0.05, 0) is 47.6 Å². The number of hydrogen-bond acceptors (Lipinski definition) is 2. The molecule has 0 fully saturated rings. The highest BCUT2D eigenvalue weighted by Gasteiger charge is 2.22. The molecular weight excluding hydrogens is 226 g/mol. The molecule has 0 aromatic heterocycles. The normalized spacial score (nSPS) is 12.0. The smallest absolute Gasteiger partial charge is 0.214 e. The number of benzene rings is 2. The summed E-state index contributed by atoms with van der Waals surface area (Å²) in [5.74, 6) is 0. The second-order valence-corrected chi connectivity index (χ2v) is 8.57. The van der Waals surface area contributed by atoms with Crippen LogP contribution in [-0.4, -0.2) is 19.7 Å². The molecule has 0 atom stereocenters. The van der Waals surface area contributed by atoms with Gasteiger partial charge in [-0.3, -0.25) is 0 Å². The first-order valence-corrected chi connectivity index (χ1v) is 8.92. The highest BCUT2D eigenvalue weighted by molar-refractivity contribution is 6.85. The van der Waals surface area contributed by atoms with Crippen LogP contribution < -0.4 is 10.9 Å². The van der Waals surface area contributed by atoms with Gasteiger partial charge < -0.3 is 10.5 Å². The molecule has 2 rings (SSSR count).